The first-order chi connectivity index (χ1) is 8.59. The Morgan fingerprint density at radius 1 is 1.63 bits per heavy atom. The third kappa shape index (κ3) is 4.44. The van der Waals surface area contributed by atoms with Crippen LogP contribution < -0.4 is 10.6 Å². The SMILES string of the molecule is CC1(C)CCCNC1C(=O)NCCc1cscn1.Cl. The number of aromatic nitrogens is 1. The highest BCUT2D eigenvalue weighted by Crippen LogP contribution is 2.29. The Morgan fingerprint density at radius 3 is 3.05 bits per heavy atom. The van der Waals surface area contributed by atoms with Crippen LogP contribution in [0, 0.1) is 5.41 Å². The maximum Gasteiger partial charge on any atom is 0.237 e. The van der Waals surface area contributed by atoms with E-state index in [9.17, 15) is 4.79 Å². The summed E-state index contributed by atoms with van der Waals surface area (Å²) in [6.07, 6.45) is 3.06. The fraction of sp³-hybridized carbons (Fsp3) is 0.692. The van der Waals surface area contributed by atoms with Gasteiger partial charge in [-0.05, 0) is 24.8 Å². The van der Waals surface area contributed by atoms with E-state index in [2.05, 4.69) is 29.5 Å². The molecule has 1 atom stereocenters. The Hall–Kier alpha value is -0.650. The Kier molecular flexibility index (Phi) is 6.23. The molecule has 0 saturated carbocycles. The van der Waals surface area contributed by atoms with Crippen LogP contribution in [0.15, 0.2) is 10.9 Å². The van der Waals surface area contributed by atoms with Crippen molar-refractivity contribution in [1.29, 1.82) is 0 Å². The largest absolute Gasteiger partial charge is 0.354 e. The number of nitrogens with zero attached hydrogens (tertiary/aromatic N) is 1. The van der Waals surface area contributed by atoms with Crippen LogP contribution in [0.25, 0.3) is 0 Å². The van der Waals surface area contributed by atoms with E-state index in [0.29, 0.717) is 6.54 Å². The zero-order chi connectivity index (χ0) is 13.0. The summed E-state index contributed by atoms with van der Waals surface area (Å²) < 4.78 is 0. The number of nitrogens with one attached hydrogen (secondary N) is 2. The van der Waals surface area contributed by atoms with E-state index in [1.807, 2.05) is 10.9 Å². The zero-order valence-electron chi connectivity index (χ0n) is 11.4. The predicted octanol–water partition coefficient (Wildman–Crippen LogP) is 2.00. The molecule has 6 heteroatoms. The van der Waals surface area contributed by atoms with E-state index in [-0.39, 0.29) is 29.8 Å². The highest BCUT2D eigenvalue weighted by atomic mass is 35.5. The molecule has 1 aromatic rings. The number of amides is 1. The topological polar surface area (TPSA) is 54.0 Å². The first kappa shape index (κ1) is 16.4. The van der Waals surface area contributed by atoms with E-state index in [0.717, 1.165) is 31.5 Å². The minimum absolute atomic E-state index is 0. The van der Waals surface area contributed by atoms with Crippen molar-refractivity contribution in [1.82, 2.24) is 15.6 Å². The van der Waals surface area contributed by atoms with E-state index in [4.69, 9.17) is 0 Å². The van der Waals surface area contributed by atoms with E-state index >= 15 is 0 Å². The lowest BCUT2D eigenvalue weighted by Crippen LogP contribution is -2.55. The molecule has 1 aliphatic rings. The molecule has 19 heavy (non-hydrogen) atoms. The molecule has 4 nitrogen and oxygen atoms in total. The minimum Gasteiger partial charge on any atom is -0.354 e. The third-order valence-electron chi connectivity index (χ3n) is 3.55. The second kappa shape index (κ2) is 7.22. The Morgan fingerprint density at radius 2 is 2.42 bits per heavy atom. The summed E-state index contributed by atoms with van der Waals surface area (Å²) in [5.41, 5.74) is 2.92. The van der Waals surface area contributed by atoms with Crippen molar-refractivity contribution in [2.24, 2.45) is 5.41 Å². The van der Waals surface area contributed by atoms with Gasteiger partial charge in [0.05, 0.1) is 17.2 Å². The molecule has 1 aromatic heterocycles. The molecule has 2 N–H and O–H groups in total. The van der Waals surface area contributed by atoms with Gasteiger partial charge in [-0.2, -0.15) is 0 Å². The van der Waals surface area contributed by atoms with Crippen molar-refractivity contribution in [3.63, 3.8) is 0 Å². The fourth-order valence-electron chi connectivity index (χ4n) is 2.44. The van der Waals surface area contributed by atoms with Crippen LogP contribution in [-0.4, -0.2) is 30.0 Å². The van der Waals surface area contributed by atoms with Gasteiger partial charge >= 0.3 is 0 Å². The number of halogens is 1. The van der Waals surface area contributed by atoms with Crippen molar-refractivity contribution in [3.8, 4) is 0 Å². The average molecular weight is 304 g/mol. The lowest BCUT2D eigenvalue weighted by Gasteiger charge is -2.38. The summed E-state index contributed by atoms with van der Waals surface area (Å²) in [5, 5.41) is 8.36. The molecule has 2 rings (SSSR count). The second-order valence-corrected chi connectivity index (χ2v) is 6.22. The maximum absolute atomic E-state index is 12.2. The molecule has 1 fully saturated rings. The molecule has 0 spiro atoms. The number of hydrogen-bond acceptors (Lipinski definition) is 4. The summed E-state index contributed by atoms with van der Waals surface area (Å²) in [5.74, 6) is 0.120. The second-order valence-electron chi connectivity index (χ2n) is 5.50. The molecule has 1 aliphatic heterocycles. The number of carbonyl (C=O) groups excluding carboxylic acids is 1. The molecule has 2 heterocycles. The standard InChI is InChI=1S/C13H21N3OS.ClH/c1-13(2)5-3-6-14-11(13)12(17)15-7-4-10-8-18-9-16-10;/h8-9,11,14H,3-7H2,1-2H3,(H,15,17);1H. The van der Waals surface area contributed by atoms with Crippen LogP contribution in [0.1, 0.15) is 32.4 Å². The zero-order valence-corrected chi connectivity index (χ0v) is 13.1. The van der Waals surface area contributed by atoms with Gasteiger partial charge in [0, 0.05) is 18.3 Å². The molecule has 0 radical (unpaired) electrons. The number of thiazole rings is 1. The number of hydrogen-bond donors (Lipinski definition) is 2. The lowest BCUT2D eigenvalue weighted by atomic mass is 9.77. The maximum atomic E-state index is 12.2. The van der Waals surface area contributed by atoms with Crippen molar-refractivity contribution < 1.29 is 4.79 Å². The smallest absolute Gasteiger partial charge is 0.237 e. The highest BCUT2D eigenvalue weighted by Gasteiger charge is 2.36. The summed E-state index contributed by atoms with van der Waals surface area (Å²) in [6, 6.07) is -0.0679. The molecular weight excluding hydrogens is 282 g/mol. The molecule has 1 saturated heterocycles. The minimum atomic E-state index is -0.0679. The Balaban J connectivity index is 0.00000180. The Labute approximate surface area is 124 Å². The summed E-state index contributed by atoms with van der Waals surface area (Å²) in [4.78, 5) is 16.4. The van der Waals surface area contributed by atoms with Gasteiger partial charge in [0.2, 0.25) is 5.91 Å². The van der Waals surface area contributed by atoms with Gasteiger partial charge in [-0.3, -0.25) is 4.79 Å². The summed E-state index contributed by atoms with van der Waals surface area (Å²) in [6.45, 7) is 5.91. The van der Waals surface area contributed by atoms with E-state index in [1.165, 1.54) is 0 Å². The first-order valence-corrected chi connectivity index (χ1v) is 7.42. The summed E-state index contributed by atoms with van der Waals surface area (Å²) >= 11 is 1.59. The quantitative estimate of drug-likeness (QED) is 0.894. The van der Waals surface area contributed by atoms with Crippen LogP contribution >= 0.6 is 23.7 Å². The van der Waals surface area contributed by atoms with Crippen LogP contribution in [-0.2, 0) is 11.2 Å². The molecule has 1 amide bonds. The Bertz CT molecular complexity index is 395. The van der Waals surface area contributed by atoms with Gasteiger partial charge in [-0.1, -0.05) is 13.8 Å². The molecule has 108 valence electrons. The van der Waals surface area contributed by atoms with E-state index in [1.54, 1.807) is 11.3 Å². The van der Waals surface area contributed by atoms with Crippen LogP contribution in [0.2, 0.25) is 0 Å². The van der Waals surface area contributed by atoms with Crippen molar-refractivity contribution in [3.05, 3.63) is 16.6 Å². The first-order valence-electron chi connectivity index (χ1n) is 6.48. The van der Waals surface area contributed by atoms with Crippen LogP contribution in [0.3, 0.4) is 0 Å². The van der Waals surface area contributed by atoms with Crippen molar-refractivity contribution in [2.75, 3.05) is 13.1 Å². The van der Waals surface area contributed by atoms with Crippen LogP contribution in [0.4, 0.5) is 0 Å². The van der Waals surface area contributed by atoms with Crippen molar-refractivity contribution in [2.45, 2.75) is 39.2 Å². The molecule has 0 bridgehead atoms. The fourth-order valence-corrected chi connectivity index (χ4v) is 3.03. The highest BCUT2D eigenvalue weighted by molar-refractivity contribution is 7.07. The van der Waals surface area contributed by atoms with Gasteiger partial charge in [0.1, 0.15) is 0 Å². The van der Waals surface area contributed by atoms with E-state index < -0.39 is 0 Å². The number of rotatable bonds is 4. The normalized spacial score (nSPS) is 21.5. The average Bonchev–Trinajstić information content (AvgIpc) is 2.81. The van der Waals surface area contributed by atoms with Crippen molar-refractivity contribution >= 4 is 29.7 Å². The lowest BCUT2D eigenvalue weighted by molar-refractivity contribution is -0.126. The number of carbonyl (C=O) groups is 1. The molecule has 0 aromatic carbocycles. The monoisotopic (exact) mass is 303 g/mol. The van der Waals surface area contributed by atoms with Gasteiger partial charge in [0.25, 0.3) is 0 Å². The third-order valence-corrected chi connectivity index (χ3v) is 4.19. The van der Waals surface area contributed by atoms with Gasteiger partial charge in [-0.25, -0.2) is 4.98 Å². The molecule has 1 unspecified atom stereocenters. The van der Waals surface area contributed by atoms with Crippen LogP contribution in [0.5, 0.6) is 0 Å². The van der Waals surface area contributed by atoms with Gasteiger partial charge < -0.3 is 10.6 Å². The number of piperidine rings is 1. The van der Waals surface area contributed by atoms with Gasteiger partial charge in [-0.15, -0.1) is 23.7 Å². The predicted molar refractivity (Wildman–Crippen MR) is 80.9 cm³/mol. The molecular formula is C13H22ClN3OS. The molecule has 0 aliphatic carbocycles. The van der Waals surface area contributed by atoms with Gasteiger partial charge in [0.15, 0.2) is 0 Å². The summed E-state index contributed by atoms with van der Waals surface area (Å²) in [7, 11) is 0.